The molecule has 3 aromatic rings. The zero-order valence-electron chi connectivity index (χ0n) is 13.3. The highest BCUT2D eigenvalue weighted by molar-refractivity contribution is 7.99. The molecule has 6 heteroatoms. The van der Waals surface area contributed by atoms with Crippen molar-refractivity contribution in [2.45, 2.75) is 23.8 Å². The van der Waals surface area contributed by atoms with Gasteiger partial charge in [-0.15, -0.1) is 0 Å². The number of benzene rings is 2. The van der Waals surface area contributed by atoms with Crippen LogP contribution >= 0.6 is 23.4 Å². The molecule has 0 aliphatic rings. The van der Waals surface area contributed by atoms with Crippen molar-refractivity contribution in [2.75, 3.05) is 5.73 Å². The number of hydrogen-bond donors (Lipinski definition) is 1. The van der Waals surface area contributed by atoms with Crippen molar-refractivity contribution in [3.8, 4) is 11.6 Å². The Morgan fingerprint density at radius 1 is 1.04 bits per heavy atom. The summed E-state index contributed by atoms with van der Waals surface area (Å²) in [5.41, 5.74) is 8.73. The molecular formula is C18H16ClN3OS. The van der Waals surface area contributed by atoms with Crippen LogP contribution in [0.4, 0.5) is 5.69 Å². The second-order valence-electron chi connectivity index (χ2n) is 5.33. The maximum absolute atomic E-state index is 6.18. The number of nitrogen functional groups attached to an aromatic ring is 1. The molecule has 0 spiro atoms. The lowest BCUT2D eigenvalue weighted by Gasteiger charge is -2.11. The summed E-state index contributed by atoms with van der Waals surface area (Å²) in [7, 11) is 0. The van der Waals surface area contributed by atoms with Crippen LogP contribution < -0.4 is 10.5 Å². The maximum atomic E-state index is 6.18. The normalized spacial score (nSPS) is 10.6. The van der Waals surface area contributed by atoms with Crippen molar-refractivity contribution in [1.29, 1.82) is 0 Å². The minimum Gasteiger partial charge on any atom is -0.437 e. The van der Waals surface area contributed by atoms with E-state index >= 15 is 0 Å². The lowest BCUT2D eigenvalue weighted by Crippen LogP contribution is -1.99. The van der Waals surface area contributed by atoms with E-state index in [1.54, 1.807) is 12.1 Å². The Bertz CT molecular complexity index is 869. The first-order chi connectivity index (χ1) is 11.5. The second-order valence-corrected chi connectivity index (χ2v) is 6.80. The van der Waals surface area contributed by atoms with Crippen LogP contribution in [-0.4, -0.2) is 9.97 Å². The smallest absolute Gasteiger partial charge is 0.247 e. The highest BCUT2D eigenvalue weighted by atomic mass is 35.5. The van der Waals surface area contributed by atoms with Crippen LogP contribution in [-0.2, 0) is 0 Å². The maximum Gasteiger partial charge on any atom is 0.247 e. The third-order valence-electron chi connectivity index (χ3n) is 3.39. The van der Waals surface area contributed by atoms with E-state index in [4.69, 9.17) is 22.1 Å². The SMILES string of the molecule is Cc1ccc(Sc2ncnc(Oc3ccc(Cl)c(C)c3)c2N)cc1. The van der Waals surface area contributed by atoms with E-state index in [1.165, 1.54) is 23.7 Å². The Balaban J connectivity index is 1.84. The second kappa shape index (κ2) is 7.11. The summed E-state index contributed by atoms with van der Waals surface area (Å²) < 4.78 is 5.79. The fourth-order valence-electron chi connectivity index (χ4n) is 2.04. The molecule has 24 heavy (non-hydrogen) atoms. The highest BCUT2D eigenvalue weighted by Gasteiger charge is 2.12. The number of nitrogens with zero attached hydrogens (tertiary/aromatic N) is 2. The Kier molecular flexibility index (Phi) is 4.92. The Hall–Kier alpha value is -2.24. The van der Waals surface area contributed by atoms with Gasteiger partial charge in [-0.2, -0.15) is 4.98 Å². The van der Waals surface area contributed by atoms with E-state index in [0.717, 1.165) is 10.5 Å². The van der Waals surface area contributed by atoms with E-state index < -0.39 is 0 Å². The number of ether oxygens (including phenoxy) is 1. The Morgan fingerprint density at radius 2 is 1.79 bits per heavy atom. The van der Waals surface area contributed by atoms with E-state index in [0.29, 0.717) is 27.4 Å². The fraction of sp³-hybridized carbons (Fsp3) is 0.111. The molecule has 3 rings (SSSR count). The lowest BCUT2D eigenvalue weighted by atomic mass is 10.2. The minimum absolute atomic E-state index is 0.335. The van der Waals surface area contributed by atoms with E-state index in [9.17, 15) is 0 Å². The summed E-state index contributed by atoms with van der Waals surface area (Å²) in [5, 5.41) is 1.35. The number of rotatable bonds is 4. The van der Waals surface area contributed by atoms with Gasteiger partial charge in [-0.3, -0.25) is 0 Å². The van der Waals surface area contributed by atoms with E-state index in [-0.39, 0.29) is 0 Å². The lowest BCUT2D eigenvalue weighted by molar-refractivity contribution is 0.462. The summed E-state index contributed by atoms with van der Waals surface area (Å²) in [6, 6.07) is 13.6. The molecule has 0 saturated carbocycles. The van der Waals surface area contributed by atoms with Gasteiger partial charge in [0, 0.05) is 9.92 Å². The van der Waals surface area contributed by atoms with Crippen LogP contribution in [0, 0.1) is 13.8 Å². The van der Waals surface area contributed by atoms with Crippen molar-refractivity contribution in [3.63, 3.8) is 0 Å². The number of aryl methyl sites for hydroxylation is 2. The van der Waals surface area contributed by atoms with Gasteiger partial charge in [-0.25, -0.2) is 4.98 Å². The van der Waals surface area contributed by atoms with Crippen molar-refractivity contribution in [1.82, 2.24) is 9.97 Å². The van der Waals surface area contributed by atoms with Gasteiger partial charge < -0.3 is 10.5 Å². The van der Waals surface area contributed by atoms with Gasteiger partial charge in [0.2, 0.25) is 5.88 Å². The van der Waals surface area contributed by atoms with Crippen LogP contribution in [0.25, 0.3) is 0 Å². The van der Waals surface area contributed by atoms with Crippen molar-refractivity contribution in [2.24, 2.45) is 0 Å². The molecule has 0 atom stereocenters. The Morgan fingerprint density at radius 3 is 2.50 bits per heavy atom. The van der Waals surface area contributed by atoms with Gasteiger partial charge in [-0.1, -0.05) is 41.1 Å². The molecule has 0 radical (unpaired) electrons. The Labute approximate surface area is 150 Å². The molecule has 2 N–H and O–H groups in total. The monoisotopic (exact) mass is 357 g/mol. The molecular weight excluding hydrogens is 342 g/mol. The van der Waals surface area contributed by atoms with Gasteiger partial charge in [-0.05, 0) is 49.7 Å². The standard InChI is InChI=1S/C18H16ClN3OS/c1-11-3-6-14(7-4-11)24-18-16(20)17(21-10-22-18)23-13-5-8-15(19)12(2)9-13/h3-10H,20H2,1-2H3. The van der Waals surface area contributed by atoms with Crippen molar-refractivity contribution in [3.05, 3.63) is 64.9 Å². The molecule has 0 fully saturated rings. The zero-order valence-corrected chi connectivity index (χ0v) is 14.9. The minimum atomic E-state index is 0.335. The van der Waals surface area contributed by atoms with E-state index in [1.807, 2.05) is 44.2 Å². The number of anilines is 1. The summed E-state index contributed by atoms with van der Waals surface area (Å²) in [6.45, 7) is 3.96. The highest BCUT2D eigenvalue weighted by Crippen LogP contribution is 2.36. The molecule has 0 bridgehead atoms. The molecule has 0 amide bonds. The average molecular weight is 358 g/mol. The molecule has 122 valence electrons. The van der Waals surface area contributed by atoms with Crippen LogP contribution in [0.3, 0.4) is 0 Å². The number of halogens is 1. The predicted molar refractivity (Wildman–Crippen MR) is 98.0 cm³/mol. The first-order valence-electron chi connectivity index (χ1n) is 7.32. The molecule has 1 aromatic heterocycles. The predicted octanol–water partition coefficient (Wildman–Crippen LogP) is 5.27. The van der Waals surface area contributed by atoms with Gasteiger partial charge in [0.05, 0.1) is 0 Å². The molecule has 2 aromatic carbocycles. The molecule has 0 unspecified atom stereocenters. The summed E-state index contributed by atoms with van der Waals surface area (Å²) >= 11 is 7.51. The van der Waals surface area contributed by atoms with Crippen molar-refractivity contribution >= 4 is 29.1 Å². The first kappa shape index (κ1) is 16.6. The fourth-order valence-corrected chi connectivity index (χ4v) is 2.95. The van der Waals surface area contributed by atoms with Gasteiger partial charge in [0.25, 0.3) is 0 Å². The largest absolute Gasteiger partial charge is 0.437 e. The van der Waals surface area contributed by atoms with Crippen LogP contribution in [0.1, 0.15) is 11.1 Å². The topological polar surface area (TPSA) is 61.0 Å². The van der Waals surface area contributed by atoms with Gasteiger partial charge in [0.1, 0.15) is 22.8 Å². The van der Waals surface area contributed by atoms with Gasteiger partial charge in [0.15, 0.2) is 0 Å². The zero-order chi connectivity index (χ0) is 17.1. The summed E-state index contributed by atoms with van der Waals surface area (Å²) in [6.07, 6.45) is 1.45. The van der Waals surface area contributed by atoms with E-state index in [2.05, 4.69) is 9.97 Å². The quantitative estimate of drug-likeness (QED) is 0.644. The third-order valence-corrected chi connectivity index (χ3v) is 4.84. The first-order valence-corrected chi connectivity index (χ1v) is 8.51. The summed E-state index contributed by atoms with van der Waals surface area (Å²) in [5.74, 6) is 0.968. The van der Waals surface area contributed by atoms with Crippen LogP contribution in [0.2, 0.25) is 5.02 Å². The van der Waals surface area contributed by atoms with Gasteiger partial charge >= 0.3 is 0 Å². The van der Waals surface area contributed by atoms with Crippen LogP contribution in [0.5, 0.6) is 11.6 Å². The number of nitrogens with two attached hydrogens (primary N) is 1. The molecule has 0 aliphatic carbocycles. The number of hydrogen-bond acceptors (Lipinski definition) is 5. The molecule has 4 nitrogen and oxygen atoms in total. The average Bonchev–Trinajstić information content (AvgIpc) is 2.57. The van der Waals surface area contributed by atoms with Crippen LogP contribution in [0.15, 0.2) is 58.7 Å². The summed E-state index contributed by atoms with van der Waals surface area (Å²) in [4.78, 5) is 9.45. The molecule has 1 heterocycles. The van der Waals surface area contributed by atoms with Crippen molar-refractivity contribution < 1.29 is 4.74 Å². The number of aromatic nitrogens is 2. The molecule has 0 aliphatic heterocycles. The third kappa shape index (κ3) is 3.80. The molecule has 0 saturated heterocycles.